The van der Waals surface area contributed by atoms with E-state index >= 15 is 0 Å². The van der Waals surface area contributed by atoms with Gasteiger partial charge in [0.1, 0.15) is 0 Å². The van der Waals surface area contributed by atoms with E-state index in [2.05, 4.69) is 113 Å². The highest BCUT2D eigenvalue weighted by molar-refractivity contribution is 7.00. The summed E-state index contributed by atoms with van der Waals surface area (Å²) in [4.78, 5) is 5.47. The Morgan fingerprint density at radius 1 is 0.488 bits per heavy atom. The van der Waals surface area contributed by atoms with E-state index in [1.54, 1.807) is 11.1 Å². The van der Waals surface area contributed by atoms with Gasteiger partial charge >= 0.3 is 0 Å². The van der Waals surface area contributed by atoms with Crippen LogP contribution >= 0.6 is 0 Å². The molecule has 6 aromatic carbocycles. The average molecular weight is 553 g/mol. The van der Waals surface area contributed by atoms with E-state index in [4.69, 9.17) is 0 Å². The molecule has 0 bridgehead atoms. The van der Waals surface area contributed by atoms with Gasteiger partial charge in [0.25, 0.3) is 6.71 Å². The van der Waals surface area contributed by atoms with Crippen LogP contribution in [0.2, 0.25) is 0 Å². The Kier molecular flexibility index (Phi) is 5.03. The van der Waals surface area contributed by atoms with Gasteiger partial charge in [-0.05, 0) is 111 Å². The molecule has 0 amide bonds. The number of anilines is 4. The van der Waals surface area contributed by atoms with Crippen molar-refractivity contribution in [2.24, 2.45) is 0 Å². The van der Waals surface area contributed by atoms with Crippen LogP contribution in [0, 0.1) is 0 Å². The summed E-state index contributed by atoms with van der Waals surface area (Å²) in [6.07, 6.45) is 7.20. The molecular weight excluding hydrogens is 519 g/mol. The van der Waals surface area contributed by atoms with E-state index in [9.17, 15) is 0 Å². The number of benzene rings is 6. The van der Waals surface area contributed by atoms with Crippen molar-refractivity contribution in [3.63, 3.8) is 0 Å². The summed E-state index contributed by atoms with van der Waals surface area (Å²) in [6, 6.07) is 39.5. The topological polar surface area (TPSA) is 6.48 Å². The van der Waals surface area contributed by atoms with Crippen LogP contribution in [0.3, 0.4) is 0 Å². The van der Waals surface area contributed by atoms with Crippen molar-refractivity contribution in [1.82, 2.24) is 0 Å². The zero-order chi connectivity index (χ0) is 28.1. The molecule has 0 N–H and O–H groups in total. The quantitative estimate of drug-likeness (QED) is 0.193. The summed E-state index contributed by atoms with van der Waals surface area (Å²) < 4.78 is 0. The predicted molar refractivity (Wildman–Crippen MR) is 184 cm³/mol. The van der Waals surface area contributed by atoms with E-state index in [0.29, 0.717) is 0 Å². The highest BCUT2D eigenvalue weighted by atomic mass is 15.2. The third kappa shape index (κ3) is 3.31. The van der Waals surface area contributed by atoms with E-state index < -0.39 is 0 Å². The van der Waals surface area contributed by atoms with Crippen LogP contribution in [-0.2, 0) is 12.8 Å². The fourth-order valence-electron chi connectivity index (χ4n) is 8.94. The van der Waals surface area contributed by atoms with Crippen LogP contribution in [-0.4, -0.2) is 19.8 Å². The molecule has 10 rings (SSSR count). The van der Waals surface area contributed by atoms with Crippen molar-refractivity contribution in [2.75, 3.05) is 22.9 Å². The first-order chi connectivity index (χ1) is 21.3. The molecule has 6 aromatic rings. The molecule has 0 aromatic heterocycles. The maximum Gasteiger partial charge on any atom is 0.252 e. The van der Waals surface area contributed by atoms with Gasteiger partial charge in [-0.15, -0.1) is 0 Å². The number of hydrogen-bond acceptors (Lipinski definition) is 2. The number of nitrogens with zero attached hydrogens (tertiary/aromatic N) is 2. The van der Waals surface area contributed by atoms with Crippen molar-refractivity contribution >= 4 is 67.4 Å². The standard InChI is InChI=1S/C40H33BN2/c1-2-12-26(13-3-1)29-24-36-38-37(25-29)43-21-11-9-19-33-31-17-7-5-15-28(31)23-35(40(33)43)41(38)34-22-27-14-4-6-16-30(27)32-18-8-10-20-42(36)39(32)34/h1-7,12-17,22-25H,8-11,18-21H2. The lowest BCUT2D eigenvalue weighted by molar-refractivity contribution is 0.760. The molecule has 4 aliphatic heterocycles. The van der Waals surface area contributed by atoms with Crippen LogP contribution in [0.4, 0.5) is 22.7 Å². The Labute approximate surface area is 253 Å². The lowest BCUT2D eigenvalue weighted by Gasteiger charge is -2.45. The molecule has 2 nitrogen and oxygen atoms in total. The second kappa shape index (κ2) is 9.00. The van der Waals surface area contributed by atoms with Gasteiger partial charge in [0.15, 0.2) is 0 Å². The van der Waals surface area contributed by atoms with Gasteiger partial charge in [-0.1, -0.05) is 91.0 Å². The Bertz CT molecular complexity index is 1990. The van der Waals surface area contributed by atoms with Crippen molar-refractivity contribution in [3.05, 3.63) is 114 Å². The van der Waals surface area contributed by atoms with Gasteiger partial charge < -0.3 is 9.80 Å². The van der Waals surface area contributed by atoms with Crippen LogP contribution in [0.25, 0.3) is 32.7 Å². The lowest BCUT2D eigenvalue weighted by atomic mass is 9.33. The first-order valence-electron chi connectivity index (χ1n) is 16.2. The highest BCUT2D eigenvalue weighted by Gasteiger charge is 2.45. The van der Waals surface area contributed by atoms with Gasteiger partial charge in [0.2, 0.25) is 0 Å². The van der Waals surface area contributed by atoms with Gasteiger partial charge in [-0.25, -0.2) is 0 Å². The monoisotopic (exact) mass is 552 g/mol. The molecule has 0 saturated carbocycles. The first-order valence-corrected chi connectivity index (χ1v) is 16.2. The maximum absolute atomic E-state index is 2.73. The molecule has 0 atom stereocenters. The fraction of sp³-hybridized carbons (Fsp3) is 0.200. The van der Waals surface area contributed by atoms with Crippen LogP contribution in [0.5, 0.6) is 0 Å². The molecule has 3 heteroatoms. The highest BCUT2D eigenvalue weighted by Crippen LogP contribution is 2.46. The Balaban J connectivity index is 1.38. The van der Waals surface area contributed by atoms with Crippen LogP contribution < -0.4 is 26.2 Å². The molecule has 4 aliphatic rings. The third-order valence-electron chi connectivity index (χ3n) is 10.7. The molecule has 0 fully saturated rings. The molecular formula is C40H33BN2. The molecule has 0 aliphatic carbocycles. The van der Waals surface area contributed by atoms with Crippen molar-refractivity contribution in [1.29, 1.82) is 0 Å². The number of rotatable bonds is 1. The third-order valence-corrected chi connectivity index (χ3v) is 10.7. The van der Waals surface area contributed by atoms with Crippen LogP contribution in [0.15, 0.2) is 103 Å². The maximum atomic E-state index is 2.73. The SMILES string of the molecule is c1ccc(-c2cc3c4c(c2)N2CCCCc5c2c(cc2ccccc52)B4c2cc4ccccc4c4c2N3CCCC4)cc1. The van der Waals surface area contributed by atoms with E-state index in [-0.39, 0.29) is 6.71 Å². The van der Waals surface area contributed by atoms with Gasteiger partial charge in [0.05, 0.1) is 0 Å². The van der Waals surface area contributed by atoms with Crippen molar-refractivity contribution < 1.29 is 0 Å². The van der Waals surface area contributed by atoms with Crippen molar-refractivity contribution in [3.8, 4) is 11.1 Å². The zero-order valence-corrected chi connectivity index (χ0v) is 24.4. The molecule has 4 heterocycles. The first kappa shape index (κ1) is 24.0. The molecule has 0 spiro atoms. The second-order valence-electron chi connectivity index (χ2n) is 13.0. The summed E-state index contributed by atoms with van der Waals surface area (Å²) in [5, 5.41) is 5.65. The van der Waals surface area contributed by atoms with Crippen LogP contribution in [0.1, 0.15) is 36.8 Å². The Hall–Kier alpha value is -4.50. The van der Waals surface area contributed by atoms with Gasteiger partial charge in [-0.2, -0.15) is 0 Å². The summed E-state index contributed by atoms with van der Waals surface area (Å²) in [6.45, 7) is 2.38. The molecule has 0 radical (unpaired) electrons. The summed E-state index contributed by atoms with van der Waals surface area (Å²) in [5.74, 6) is 0. The normalized spacial score (nSPS) is 16.4. The fourth-order valence-corrected chi connectivity index (χ4v) is 8.94. The van der Waals surface area contributed by atoms with Gasteiger partial charge in [0, 0.05) is 35.8 Å². The summed E-state index contributed by atoms with van der Waals surface area (Å²) in [7, 11) is 0. The number of hydrogen-bond donors (Lipinski definition) is 0. The lowest BCUT2D eigenvalue weighted by Crippen LogP contribution is -2.62. The van der Waals surface area contributed by atoms with E-state index in [1.165, 1.54) is 97.5 Å². The average Bonchev–Trinajstić information content (AvgIpc) is 3.43. The Morgan fingerprint density at radius 2 is 1.00 bits per heavy atom. The minimum atomic E-state index is 0.232. The zero-order valence-electron chi connectivity index (χ0n) is 24.4. The largest absolute Gasteiger partial charge is 0.342 e. The van der Waals surface area contributed by atoms with Gasteiger partial charge in [-0.3, -0.25) is 0 Å². The molecule has 43 heavy (non-hydrogen) atoms. The van der Waals surface area contributed by atoms with Crippen molar-refractivity contribution in [2.45, 2.75) is 38.5 Å². The summed E-state index contributed by atoms with van der Waals surface area (Å²) in [5.41, 5.74) is 16.1. The number of fused-ring (bicyclic) bond motifs is 8. The summed E-state index contributed by atoms with van der Waals surface area (Å²) >= 11 is 0. The van der Waals surface area contributed by atoms with E-state index in [1.807, 2.05) is 0 Å². The minimum Gasteiger partial charge on any atom is -0.342 e. The minimum absolute atomic E-state index is 0.232. The molecule has 206 valence electrons. The smallest absolute Gasteiger partial charge is 0.252 e. The van der Waals surface area contributed by atoms with E-state index in [0.717, 1.165) is 25.9 Å². The Morgan fingerprint density at radius 3 is 1.56 bits per heavy atom. The number of aryl methyl sites for hydroxylation is 2. The second-order valence-corrected chi connectivity index (χ2v) is 13.0. The molecule has 0 unspecified atom stereocenters. The predicted octanol–water partition coefficient (Wildman–Crippen LogP) is 7.75. The molecule has 0 saturated heterocycles.